The third-order valence-corrected chi connectivity index (χ3v) is 7.49. The highest BCUT2D eigenvalue weighted by Gasteiger charge is 2.48. The molecule has 0 radical (unpaired) electrons. The zero-order valence-electron chi connectivity index (χ0n) is 20.3. The van der Waals surface area contributed by atoms with Crippen LogP contribution >= 0.6 is 0 Å². The average Bonchev–Trinajstić information content (AvgIpc) is 3.29. The summed E-state index contributed by atoms with van der Waals surface area (Å²) in [6.45, 7) is 0.689. The van der Waals surface area contributed by atoms with Gasteiger partial charge in [0.1, 0.15) is 11.8 Å². The summed E-state index contributed by atoms with van der Waals surface area (Å²) in [6.07, 6.45) is 2.22. The third-order valence-electron chi connectivity index (χ3n) is 7.49. The molecule has 3 aromatic carbocycles. The van der Waals surface area contributed by atoms with Crippen molar-refractivity contribution in [3.63, 3.8) is 0 Å². The number of nitrogens with one attached hydrogen (secondary N) is 1. The number of carbonyl (C=O) groups excluding carboxylic acids is 2. The van der Waals surface area contributed by atoms with E-state index in [-0.39, 0.29) is 24.4 Å². The minimum absolute atomic E-state index is 0.0172. The fourth-order valence-electron chi connectivity index (χ4n) is 5.79. The highest BCUT2D eigenvalue weighted by atomic mass is 16.5. The van der Waals surface area contributed by atoms with Gasteiger partial charge in [0.2, 0.25) is 11.8 Å². The lowest BCUT2D eigenvalue weighted by Crippen LogP contribution is -2.63. The van der Waals surface area contributed by atoms with Gasteiger partial charge in [-0.15, -0.1) is 0 Å². The molecule has 1 fully saturated rings. The first kappa shape index (κ1) is 22.4. The highest BCUT2D eigenvalue weighted by Crippen LogP contribution is 2.43. The van der Waals surface area contributed by atoms with Crippen molar-refractivity contribution in [2.24, 2.45) is 0 Å². The van der Waals surface area contributed by atoms with Gasteiger partial charge in [-0.25, -0.2) is 0 Å². The van der Waals surface area contributed by atoms with Gasteiger partial charge in [0.05, 0.1) is 19.7 Å². The van der Waals surface area contributed by atoms with Gasteiger partial charge in [-0.05, 0) is 47.7 Å². The maximum atomic E-state index is 13.8. The molecule has 1 saturated heterocycles. The van der Waals surface area contributed by atoms with Crippen molar-refractivity contribution < 1.29 is 14.3 Å². The Kier molecular flexibility index (Phi) is 5.72. The number of hydrogen-bond donors (Lipinski definition) is 1. The summed E-state index contributed by atoms with van der Waals surface area (Å²) in [4.78, 5) is 34.6. The minimum Gasteiger partial charge on any atom is -0.497 e. The molecular formula is C30H29N3O3. The summed E-state index contributed by atoms with van der Waals surface area (Å²) in [5.41, 5.74) is 5.31. The van der Waals surface area contributed by atoms with Crippen LogP contribution in [0.1, 0.15) is 34.8 Å². The summed E-state index contributed by atoms with van der Waals surface area (Å²) in [6, 6.07) is 25.3. The summed E-state index contributed by atoms with van der Waals surface area (Å²) in [5, 5.41) is 1.11. The van der Waals surface area contributed by atoms with Crippen LogP contribution in [0.2, 0.25) is 0 Å². The number of aromatic amines is 1. The number of nitrogens with zero attached hydrogens (tertiary/aromatic N) is 2. The normalized spacial score (nSPS) is 19.4. The monoisotopic (exact) mass is 479 g/mol. The van der Waals surface area contributed by atoms with Crippen molar-refractivity contribution in [1.82, 2.24) is 14.8 Å². The zero-order valence-corrected chi connectivity index (χ0v) is 20.3. The highest BCUT2D eigenvalue weighted by molar-refractivity contribution is 5.97. The summed E-state index contributed by atoms with van der Waals surface area (Å²) in [5.74, 6) is 0.744. The number of piperazine rings is 1. The first-order chi connectivity index (χ1) is 17.6. The van der Waals surface area contributed by atoms with Crippen molar-refractivity contribution in [2.45, 2.75) is 31.3 Å². The third kappa shape index (κ3) is 3.83. The molecule has 1 unspecified atom stereocenters. The van der Waals surface area contributed by atoms with E-state index in [1.807, 2.05) is 59.5 Å². The second kappa shape index (κ2) is 9.19. The number of hydrogen-bond acceptors (Lipinski definition) is 3. The van der Waals surface area contributed by atoms with Crippen LogP contribution in [0.5, 0.6) is 5.75 Å². The Bertz CT molecular complexity index is 1430. The quantitative estimate of drug-likeness (QED) is 0.443. The molecule has 3 heterocycles. The molecule has 0 spiro atoms. The number of amides is 2. The fourth-order valence-corrected chi connectivity index (χ4v) is 5.79. The molecule has 1 aromatic heterocycles. The lowest BCUT2D eigenvalue weighted by atomic mass is 9.86. The molecule has 6 heteroatoms. The first-order valence-corrected chi connectivity index (χ1v) is 12.5. The van der Waals surface area contributed by atoms with Crippen molar-refractivity contribution in [3.8, 4) is 5.75 Å². The van der Waals surface area contributed by atoms with Gasteiger partial charge < -0.3 is 19.5 Å². The van der Waals surface area contributed by atoms with Crippen molar-refractivity contribution in [2.75, 3.05) is 20.2 Å². The topological polar surface area (TPSA) is 65.6 Å². The molecule has 2 aliphatic heterocycles. The molecule has 182 valence electrons. The van der Waals surface area contributed by atoms with Crippen molar-refractivity contribution in [1.29, 1.82) is 0 Å². The second-order valence-electron chi connectivity index (χ2n) is 9.61. The predicted octanol–water partition coefficient (Wildman–Crippen LogP) is 4.49. The van der Waals surface area contributed by atoms with Crippen LogP contribution in [0.25, 0.3) is 10.9 Å². The van der Waals surface area contributed by atoms with Crippen LogP contribution in [-0.2, 0) is 22.4 Å². The van der Waals surface area contributed by atoms with Crippen molar-refractivity contribution in [3.05, 3.63) is 101 Å². The van der Waals surface area contributed by atoms with Crippen LogP contribution in [0.4, 0.5) is 0 Å². The van der Waals surface area contributed by atoms with E-state index in [9.17, 15) is 9.59 Å². The fraction of sp³-hybridized carbons (Fsp3) is 0.267. The Balaban J connectivity index is 1.35. The van der Waals surface area contributed by atoms with Crippen molar-refractivity contribution >= 4 is 22.7 Å². The van der Waals surface area contributed by atoms with Crippen LogP contribution in [0, 0.1) is 0 Å². The molecule has 1 N–H and O–H groups in total. The van der Waals surface area contributed by atoms with Gasteiger partial charge >= 0.3 is 0 Å². The van der Waals surface area contributed by atoms with Crippen LogP contribution in [-0.4, -0.2) is 52.8 Å². The number of carbonyl (C=O) groups is 2. The van der Waals surface area contributed by atoms with E-state index < -0.39 is 6.04 Å². The molecule has 2 atom stereocenters. The van der Waals surface area contributed by atoms with E-state index in [0.717, 1.165) is 46.3 Å². The number of methoxy groups -OCH3 is 1. The Labute approximate surface area is 210 Å². The van der Waals surface area contributed by atoms with Crippen LogP contribution in [0.3, 0.4) is 0 Å². The molecule has 6 rings (SSSR count). The molecule has 4 aromatic rings. The van der Waals surface area contributed by atoms with E-state index in [1.165, 1.54) is 5.56 Å². The lowest BCUT2D eigenvalue weighted by molar-refractivity contribution is -0.158. The summed E-state index contributed by atoms with van der Waals surface area (Å²) < 4.78 is 5.49. The predicted molar refractivity (Wildman–Crippen MR) is 139 cm³/mol. The number of ether oxygens (including phenoxy) is 1. The molecule has 0 aliphatic carbocycles. The maximum Gasteiger partial charge on any atom is 0.246 e. The van der Waals surface area contributed by atoms with E-state index >= 15 is 0 Å². The minimum atomic E-state index is -0.522. The number of benzene rings is 3. The van der Waals surface area contributed by atoms with Gasteiger partial charge in [-0.3, -0.25) is 9.59 Å². The van der Waals surface area contributed by atoms with Gasteiger partial charge in [0.15, 0.2) is 0 Å². The smallest absolute Gasteiger partial charge is 0.246 e. The molecule has 6 nitrogen and oxygen atoms in total. The lowest BCUT2D eigenvalue weighted by Gasteiger charge is -2.47. The molecule has 2 amide bonds. The first-order valence-electron chi connectivity index (χ1n) is 12.5. The Morgan fingerprint density at radius 1 is 0.972 bits per heavy atom. The van der Waals surface area contributed by atoms with E-state index in [4.69, 9.17) is 4.74 Å². The van der Waals surface area contributed by atoms with Crippen LogP contribution in [0.15, 0.2) is 78.9 Å². The van der Waals surface area contributed by atoms with Gasteiger partial charge in [-0.1, -0.05) is 60.7 Å². The molecule has 2 aliphatic rings. The molecule has 0 bridgehead atoms. The molecular weight excluding hydrogens is 450 g/mol. The Hall–Kier alpha value is -4.06. The standard InChI is InChI=1S/C30H29N3O3/c1-36-22-13-7-12-21(17-22)29-28-24(23-14-5-6-15-25(23)31-28)18-26-30(35)32(19-27(34)33(26)29)16-8-11-20-9-3-2-4-10-20/h2-7,9-10,12-15,17,26,29,31H,8,11,16,18-19H2,1H3/t26-,29?/m0/s1. The number of fused-ring (bicyclic) bond motifs is 4. The molecule has 36 heavy (non-hydrogen) atoms. The van der Waals surface area contributed by atoms with E-state index in [2.05, 4.69) is 29.2 Å². The summed E-state index contributed by atoms with van der Waals surface area (Å²) >= 11 is 0. The Morgan fingerprint density at radius 2 is 1.78 bits per heavy atom. The largest absolute Gasteiger partial charge is 0.497 e. The van der Waals surface area contributed by atoms with E-state index in [1.54, 1.807) is 12.0 Å². The van der Waals surface area contributed by atoms with Gasteiger partial charge in [0.25, 0.3) is 0 Å². The number of rotatable bonds is 6. The number of para-hydroxylation sites is 1. The number of aryl methyl sites for hydroxylation is 1. The maximum absolute atomic E-state index is 13.8. The van der Waals surface area contributed by atoms with Crippen LogP contribution < -0.4 is 4.74 Å². The molecule has 0 saturated carbocycles. The van der Waals surface area contributed by atoms with Gasteiger partial charge in [0, 0.05) is 29.6 Å². The summed E-state index contributed by atoms with van der Waals surface area (Å²) in [7, 11) is 1.64. The zero-order chi connectivity index (χ0) is 24.6. The number of aromatic nitrogens is 1. The number of H-pyrrole nitrogens is 1. The Morgan fingerprint density at radius 3 is 2.61 bits per heavy atom. The SMILES string of the molecule is COc1cccc(C2c3[nH]c4ccccc4c3C[C@H]3C(=O)N(CCCc4ccccc4)CC(=O)N23)c1. The average molecular weight is 480 g/mol. The van der Waals surface area contributed by atoms with Gasteiger partial charge in [-0.2, -0.15) is 0 Å². The second-order valence-corrected chi connectivity index (χ2v) is 9.61. The van der Waals surface area contributed by atoms with E-state index in [0.29, 0.717) is 13.0 Å².